The highest BCUT2D eigenvalue weighted by Gasteiger charge is 2.25. The first-order valence-electron chi connectivity index (χ1n) is 7.29. The number of hydrogen-bond acceptors (Lipinski definition) is 4. The van der Waals surface area contributed by atoms with Gasteiger partial charge in [-0.3, -0.25) is 0 Å². The predicted octanol–water partition coefficient (Wildman–Crippen LogP) is 1.50. The Hall–Kier alpha value is -0.950. The molecule has 1 aromatic rings. The number of nitrogens with two attached hydrogens (primary N) is 1. The van der Waals surface area contributed by atoms with Crippen molar-refractivity contribution < 1.29 is 13.2 Å². The number of sulfonamides is 1. The Morgan fingerprint density at radius 2 is 2.00 bits per heavy atom. The van der Waals surface area contributed by atoms with E-state index < -0.39 is 10.0 Å². The van der Waals surface area contributed by atoms with Crippen LogP contribution in [-0.2, 0) is 21.3 Å². The van der Waals surface area contributed by atoms with Crippen molar-refractivity contribution in [3.8, 4) is 0 Å². The van der Waals surface area contributed by atoms with Gasteiger partial charge < -0.3 is 10.5 Å². The Balaban J connectivity index is 2.14. The molecule has 0 aromatic heterocycles. The molecule has 0 atom stereocenters. The van der Waals surface area contributed by atoms with Gasteiger partial charge in [0.25, 0.3) is 0 Å². The van der Waals surface area contributed by atoms with Gasteiger partial charge in [0.2, 0.25) is 10.0 Å². The Morgan fingerprint density at radius 1 is 1.33 bits per heavy atom. The van der Waals surface area contributed by atoms with Gasteiger partial charge in [0.1, 0.15) is 0 Å². The van der Waals surface area contributed by atoms with Crippen LogP contribution in [0, 0.1) is 12.8 Å². The fourth-order valence-corrected chi connectivity index (χ4v) is 3.96. The molecule has 0 aliphatic carbocycles. The molecular weight excluding hydrogens is 288 g/mol. The number of rotatable bonds is 5. The van der Waals surface area contributed by atoms with E-state index in [4.69, 9.17) is 10.5 Å². The number of aryl methyl sites for hydroxylation is 1. The largest absolute Gasteiger partial charge is 0.381 e. The van der Waals surface area contributed by atoms with Crippen LogP contribution in [0.1, 0.15) is 24.0 Å². The van der Waals surface area contributed by atoms with Crippen molar-refractivity contribution in [1.82, 2.24) is 4.31 Å². The summed E-state index contributed by atoms with van der Waals surface area (Å²) in [6.45, 7) is 4.30. The second-order valence-corrected chi connectivity index (χ2v) is 7.68. The third kappa shape index (κ3) is 3.83. The van der Waals surface area contributed by atoms with E-state index in [1.807, 2.05) is 6.92 Å². The second-order valence-electron chi connectivity index (χ2n) is 5.63. The minimum absolute atomic E-state index is 0.340. The van der Waals surface area contributed by atoms with Crippen LogP contribution >= 0.6 is 0 Å². The van der Waals surface area contributed by atoms with Crippen LogP contribution < -0.4 is 5.73 Å². The average Bonchev–Trinajstić information content (AvgIpc) is 2.48. The highest BCUT2D eigenvalue weighted by molar-refractivity contribution is 7.89. The highest BCUT2D eigenvalue weighted by atomic mass is 32.2. The lowest BCUT2D eigenvalue weighted by molar-refractivity contribution is 0.0620. The number of nitrogens with zero attached hydrogens (tertiary/aromatic N) is 1. The fourth-order valence-electron chi connectivity index (χ4n) is 2.63. The van der Waals surface area contributed by atoms with Crippen molar-refractivity contribution in [1.29, 1.82) is 0 Å². The summed E-state index contributed by atoms with van der Waals surface area (Å²) in [6.07, 6.45) is 1.84. The molecule has 6 heteroatoms. The molecule has 0 unspecified atom stereocenters. The minimum Gasteiger partial charge on any atom is -0.381 e. The summed E-state index contributed by atoms with van der Waals surface area (Å²) in [7, 11) is -1.78. The molecule has 0 amide bonds. The molecule has 5 nitrogen and oxygen atoms in total. The molecule has 1 aromatic carbocycles. The molecule has 1 aliphatic heterocycles. The molecule has 2 rings (SSSR count). The van der Waals surface area contributed by atoms with Crippen molar-refractivity contribution in [3.63, 3.8) is 0 Å². The molecule has 0 bridgehead atoms. The summed E-state index contributed by atoms with van der Waals surface area (Å²) in [5.41, 5.74) is 7.51. The number of benzene rings is 1. The van der Waals surface area contributed by atoms with Gasteiger partial charge in [-0.1, -0.05) is 6.07 Å². The minimum atomic E-state index is -3.43. The predicted molar refractivity (Wildman–Crippen MR) is 82.4 cm³/mol. The zero-order chi connectivity index (χ0) is 15.5. The van der Waals surface area contributed by atoms with E-state index in [-0.39, 0.29) is 0 Å². The molecule has 118 valence electrons. The van der Waals surface area contributed by atoms with Crippen LogP contribution in [-0.4, -0.2) is 39.5 Å². The number of ether oxygens (including phenoxy) is 1. The van der Waals surface area contributed by atoms with Crippen LogP contribution in [0.15, 0.2) is 23.1 Å². The fraction of sp³-hybridized carbons (Fsp3) is 0.600. The zero-order valence-corrected chi connectivity index (χ0v) is 13.5. The van der Waals surface area contributed by atoms with Gasteiger partial charge in [-0.05, 0) is 48.9 Å². The van der Waals surface area contributed by atoms with Crippen LogP contribution in [0.2, 0.25) is 0 Å². The first-order chi connectivity index (χ1) is 9.95. The molecule has 1 aliphatic rings. The van der Waals surface area contributed by atoms with E-state index in [1.165, 1.54) is 4.31 Å². The van der Waals surface area contributed by atoms with E-state index >= 15 is 0 Å². The Bertz CT molecular complexity index is 581. The van der Waals surface area contributed by atoms with Crippen molar-refractivity contribution >= 4 is 10.0 Å². The lowest BCUT2D eigenvalue weighted by atomic mass is 10.0. The summed E-state index contributed by atoms with van der Waals surface area (Å²) in [5.74, 6) is 0.378. The molecule has 0 saturated carbocycles. The summed E-state index contributed by atoms with van der Waals surface area (Å²) in [5, 5.41) is 0. The van der Waals surface area contributed by atoms with Crippen molar-refractivity contribution in [2.75, 3.05) is 26.8 Å². The molecule has 0 radical (unpaired) electrons. The van der Waals surface area contributed by atoms with Crippen molar-refractivity contribution in [3.05, 3.63) is 29.3 Å². The molecule has 1 heterocycles. The van der Waals surface area contributed by atoms with E-state index in [0.717, 1.165) is 37.2 Å². The first-order valence-corrected chi connectivity index (χ1v) is 8.73. The number of hydrogen-bond donors (Lipinski definition) is 1. The van der Waals surface area contributed by atoms with E-state index in [2.05, 4.69) is 0 Å². The Kier molecular flexibility index (Phi) is 5.37. The summed E-state index contributed by atoms with van der Waals surface area (Å²) in [4.78, 5) is 0.340. The average molecular weight is 312 g/mol. The standard InChI is InChI=1S/C15H24N2O3S/c1-12-9-15(4-3-14(12)10-16)21(18,19)17(2)11-13-5-7-20-8-6-13/h3-4,9,13H,5-8,10-11,16H2,1-2H3. The van der Waals surface area contributed by atoms with Gasteiger partial charge >= 0.3 is 0 Å². The van der Waals surface area contributed by atoms with E-state index in [9.17, 15) is 8.42 Å². The third-order valence-electron chi connectivity index (χ3n) is 4.10. The Labute approximate surface area is 127 Å². The van der Waals surface area contributed by atoms with Crippen molar-refractivity contribution in [2.45, 2.75) is 31.2 Å². The molecule has 0 spiro atoms. The molecular formula is C15H24N2O3S. The van der Waals surface area contributed by atoms with Crippen molar-refractivity contribution in [2.24, 2.45) is 11.7 Å². The van der Waals surface area contributed by atoms with Gasteiger partial charge in [0, 0.05) is 33.4 Å². The quantitative estimate of drug-likeness (QED) is 0.894. The lowest BCUT2D eigenvalue weighted by Crippen LogP contribution is -2.34. The zero-order valence-electron chi connectivity index (χ0n) is 12.7. The smallest absolute Gasteiger partial charge is 0.242 e. The van der Waals surface area contributed by atoms with Crippen LogP contribution in [0.25, 0.3) is 0 Å². The maximum Gasteiger partial charge on any atom is 0.242 e. The van der Waals surface area contributed by atoms with Gasteiger partial charge in [-0.2, -0.15) is 0 Å². The molecule has 21 heavy (non-hydrogen) atoms. The molecule has 2 N–H and O–H groups in total. The third-order valence-corrected chi connectivity index (χ3v) is 5.92. The monoisotopic (exact) mass is 312 g/mol. The van der Waals surface area contributed by atoms with Crippen LogP contribution in [0.3, 0.4) is 0 Å². The molecule has 1 saturated heterocycles. The lowest BCUT2D eigenvalue weighted by Gasteiger charge is -2.26. The maximum atomic E-state index is 12.6. The summed E-state index contributed by atoms with van der Waals surface area (Å²) < 4.78 is 32.0. The first kappa shape index (κ1) is 16.4. The van der Waals surface area contributed by atoms with E-state index in [0.29, 0.717) is 23.9 Å². The van der Waals surface area contributed by atoms with Crippen LogP contribution in [0.5, 0.6) is 0 Å². The summed E-state index contributed by atoms with van der Waals surface area (Å²) in [6, 6.07) is 5.15. The highest BCUT2D eigenvalue weighted by Crippen LogP contribution is 2.22. The maximum absolute atomic E-state index is 12.6. The Morgan fingerprint density at radius 3 is 2.57 bits per heavy atom. The topological polar surface area (TPSA) is 72.6 Å². The van der Waals surface area contributed by atoms with Gasteiger partial charge in [-0.15, -0.1) is 0 Å². The second kappa shape index (κ2) is 6.87. The van der Waals surface area contributed by atoms with Crippen LogP contribution in [0.4, 0.5) is 0 Å². The SMILES string of the molecule is Cc1cc(S(=O)(=O)N(C)CC2CCOCC2)ccc1CN. The van der Waals surface area contributed by atoms with Gasteiger partial charge in [0.05, 0.1) is 4.90 Å². The van der Waals surface area contributed by atoms with E-state index in [1.54, 1.807) is 25.2 Å². The van der Waals surface area contributed by atoms with Gasteiger partial charge in [0.15, 0.2) is 0 Å². The van der Waals surface area contributed by atoms with Gasteiger partial charge in [-0.25, -0.2) is 12.7 Å². The molecule has 1 fully saturated rings. The summed E-state index contributed by atoms with van der Waals surface area (Å²) >= 11 is 0. The normalized spacial score (nSPS) is 17.3.